The van der Waals surface area contributed by atoms with Crippen molar-refractivity contribution in [1.82, 2.24) is 10.6 Å². The molecule has 4 nitrogen and oxygen atoms in total. The lowest BCUT2D eigenvalue weighted by Crippen LogP contribution is -2.38. The van der Waals surface area contributed by atoms with Crippen molar-refractivity contribution in [3.8, 4) is 0 Å². The number of ether oxygens (including phenoxy) is 1. The zero-order chi connectivity index (χ0) is 17.0. The number of thiophene rings is 1. The summed E-state index contributed by atoms with van der Waals surface area (Å²) in [5, 5.41) is 8.83. The first kappa shape index (κ1) is 21.9. The van der Waals surface area contributed by atoms with Gasteiger partial charge in [-0.25, -0.2) is 4.99 Å². The Balaban J connectivity index is 0.00000312. The van der Waals surface area contributed by atoms with Crippen LogP contribution in [0, 0.1) is 0 Å². The zero-order valence-corrected chi connectivity index (χ0v) is 18.1. The van der Waals surface area contributed by atoms with E-state index in [-0.39, 0.29) is 24.0 Å². The molecule has 0 saturated carbocycles. The molecule has 0 bridgehead atoms. The highest BCUT2D eigenvalue weighted by atomic mass is 127. The number of hydrogen-bond donors (Lipinski definition) is 2. The first-order valence-electron chi connectivity index (χ1n) is 8.52. The van der Waals surface area contributed by atoms with Crippen LogP contribution in [-0.2, 0) is 24.3 Å². The maximum atomic E-state index is 5.54. The molecule has 25 heavy (non-hydrogen) atoms. The number of nitrogens with zero attached hydrogens (tertiary/aromatic N) is 1. The summed E-state index contributed by atoms with van der Waals surface area (Å²) in [4.78, 5) is 6.10. The molecule has 0 amide bonds. The van der Waals surface area contributed by atoms with Crippen LogP contribution < -0.4 is 10.6 Å². The van der Waals surface area contributed by atoms with Gasteiger partial charge in [0.2, 0.25) is 0 Å². The van der Waals surface area contributed by atoms with Crippen LogP contribution in [0.1, 0.15) is 29.9 Å². The van der Waals surface area contributed by atoms with E-state index >= 15 is 0 Å². The average Bonchev–Trinajstić information content (AvgIpc) is 3.12. The van der Waals surface area contributed by atoms with Gasteiger partial charge in [-0.2, -0.15) is 0 Å². The first-order chi connectivity index (χ1) is 11.8. The number of halogens is 1. The van der Waals surface area contributed by atoms with Crippen LogP contribution in [0.5, 0.6) is 0 Å². The number of benzene rings is 1. The van der Waals surface area contributed by atoms with Crippen LogP contribution in [0.25, 0.3) is 0 Å². The fraction of sp³-hybridized carbons (Fsp3) is 0.421. The molecule has 2 aromatic rings. The van der Waals surface area contributed by atoms with Gasteiger partial charge in [0.15, 0.2) is 5.96 Å². The van der Waals surface area contributed by atoms with Crippen LogP contribution in [0.3, 0.4) is 0 Å². The van der Waals surface area contributed by atoms with Gasteiger partial charge in [0.25, 0.3) is 0 Å². The Labute approximate surface area is 172 Å². The molecule has 2 rings (SSSR count). The van der Waals surface area contributed by atoms with E-state index in [1.807, 2.05) is 13.0 Å². The van der Waals surface area contributed by atoms with Crippen LogP contribution in [0.2, 0.25) is 0 Å². The van der Waals surface area contributed by atoms with Gasteiger partial charge in [-0.15, -0.1) is 35.3 Å². The molecule has 0 saturated heterocycles. The normalized spacial score (nSPS) is 11.0. The third kappa shape index (κ3) is 8.20. The van der Waals surface area contributed by atoms with Gasteiger partial charge in [0.05, 0.1) is 13.2 Å². The summed E-state index contributed by atoms with van der Waals surface area (Å²) in [5.41, 5.74) is 2.42. The van der Waals surface area contributed by atoms with Crippen molar-refractivity contribution in [2.75, 3.05) is 19.7 Å². The number of guanidine groups is 1. The Morgan fingerprint density at radius 3 is 2.56 bits per heavy atom. The molecule has 6 heteroatoms. The molecule has 0 unspecified atom stereocenters. The molecule has 0 aliphatic carbocycles. The maximum absolute atomic E-state index is 5.54. The molecule has 0 aliphatic heterocycles. The average molecular weight is 473 g/mol. The zero-order valence-electron chi connectivity index (χ0n) is 15.0. The largest absolute Gasteiger partial charge is 0.377 e. The van der Waals surface area contributed by atoms with Gasteiger partial charge < -0.3 is 15.4 Å². The van der Waals surface area contributed by atoms with Gasteiger partial charge in [-0.3, -0.25) is 0 Å². The van der Waals surface area contributed by atoms with E-state index in [4.69, 9.17) is 9.73 Å². The molecule has 138 valence electrons. The second-order valence-electron chi connectivity index (χ2n) is 5.36. The highest BCUT2D eigenvalue weighted by Crippen LogP contribution is 2.11. The van der Waals surface area contributed by atoms with Gasteiger partial charge in [0, 0.05) is 24.6 Å². The van der Waals surface area contributed by atoms with E-state index in [0.29, 0.717) is 13.2 Å². The second kappa shape index (κ2) is 13.1. The minimum Gasteiger partial charge on any atom is -0.377 e. The van der Waals surface area contributed by atoms with Crippen molar-refractivity contribution < 1.29 is 4.74 Å². The Kier molecular flexibility index (Phi) is 11.5. The molecule has 1 aromatic heterocycles. The Bertz CT molecular complexity index is 617. The first-order valence-corrected chi connectivity index (χ1v) is 9.40. The molecule has 2 N–H and O–H groups in total. The summed E-state index contributed by atoms with van der Waals surface area (Å²) in [7, 11) is 0. The highest BCUT2D eigenvalue weighted by molar-refractivity contribution is 14.0. The smallest absolute Gasteiger partial charge is 0.191 e. The van der Waals surface area contributed by atoms with E-state index in [1.165, 1.54) is 16.0 Å². The van der Waals surface area contributed by atoms with E-state index in [0.717, 1.165) is 32.1 Å². The lowest BCUT2D eigenvalue weighted by atomic mass is 10.1. The molecule has 0 aliphatic rings. The Morgan fingerprint density at radius 1 is 1.08 bits per heavy atom. The van der Waals surface area contributed by atoms with Crippen molar-refractivity contribution in [3.05, 3.63) is 57.8 Å². The highest BCUT2D eigenvalue weighted by Gasteiger charge is 2.03. The number of nitrogens with one attached hydrogen (secondary N) is 2. The van der Waals surface area contributed by atoms with Crippen molar-refractivity contribution >= 4 is 41.3 Å². The summed E-state index contributed by atoms with van der Waals surface area (Å²) >= 11 is 1.79. The van der Waals surface area contributed by atoms with E-state index in [2.05, 4.69) is 53.3 Å². The number of rotatable bonds is 9. The van der Waals surface area contributed by atoms with E-state index in [1.54, 1.807) is 11.3 Å². The molecule has 0 spiro atoms. The Hall–Kier alpha value is -1.12. The molecule has 1 heterocycles. The standard InChI is InChI=1S/C19H27N3OS.HI/c1-3-20-19(21-12-11-18-10-7-13-24-18)22-14-16-8-5-6-9-17(16)15-23-4-2;/h5-10,13H,3-4,11-12,14-15H2,1-2H3,(H2,20,21,22);1H. The van der Waals surface area contributed by atoms with Gasteiger partial charge in [-0.05, 0) is 42.8 Å². The van der Waals surface area contributed by atoms with Crippen molar-refractivity contribution in [2.45, 2.75) is 33.4 Å². The van der Waals surface area contributed by atoms with Crippen molar-refractivity contribution in [3.63, 3.8) is 0 Å². The number of hydrogen-bond acceptors (Lipinski definition) is 3. The molecule has 0 radical (unpaired) electrons. The SMILES string of the molecule is CCNC(=NCc1ccccc1COCC)NCCc1cccs1.I. The molecule has 0 atom stereocenters. The maximum Gasteiger partial charge on any atom is 0.191 e. The third-order valence-electron chi connectivity index (χ3n) is 3.58. The topological polar surface area (TPSA) is 45.7 Å². The monoisotopic (exact) mass is 473 g/mol. The number of aliphatic imine (C=N–C) groups is 1. The van der Waals surface area contributed by atoms with Gasteiger partial charge in [0.1, 0.15) is 0 Å². The summed E-state index contributed by atoms with van der Waals surface area (Å²) in [5.74, 6) is 0.861. The van der Waals surface area contributed by atoms with Gasteiger partial charge in [-0.1, -0.05) is 30.3 Å². The van der Waals surface area contributed by atoms with Crippen molar-refractivity contribution in [1.29, 1.82) is 0 Å². The van der Waals surface area contributed by atoms with Gasteiger partial charge >= 0.3 is 0 Å². The fourth-order valence-electron chi connectivity index (χ4n) is 2.33. The summed E-state index contributed by atoms with van der Waals surface area (Å²) in [6.07, 6.45) is 1.02. The van der Waals surface area contributed by atoms with Crippen LogP contribution in [0.4, 0.5) is 0 Å². The quantitative estimate of drug-likeness (QED) is 0.326. The predicted octanol–water partition coefficient (Wildman–Crippen LogP) is 4.20. The molecule has 1 aromatic carbocycles. The molecule has 0 fully saturated rings. The van der Waals surface area contributed by atoms with E-state index in [9.17, 15) is 0 Å². The summed E-state index contributed by atoms with van der Waals surface area (Å²) < 4.78 is 5.54. The molecular weight excluding hydrogens is 445 g/mol. The van der Waals surface area contributed by atoms with Crippen LogP contribution >= 0.6 is 35.3 Å². The summed E-state index contributed by atoms with van der Waals surface area (Å²) in [6, 6.07) is 12.6. The minimum absolute atomic E-state index is 0. The lowest BCUT2D eigenvalue weighted by molar-refractivity contribution is 0.133. The van der Waals surface area contributed by atoms with Crippen molar-refractivity contribution in [2.24, 2.45) is 4.99 Å². The fourth-order valence-corrected chi connectivity index (χ4v) is 3.04. The summed E-state index contributed by atoms with van der Waals surface area (Å²) in [6.45, 7) is 7.85. The Morgan fingerprint density at radius 2 is 1.88 bits per heavy atom. The second-order valence-corrected chi connectivity index (χ2v) is 6.39. The minimum atomic E-state index is 0. The van der Waals surface area contributed by atoms with Crippen LogP contribution in [0.15, 0.2) is 46.8 Å². The van der Waals surface area contributed by atoms with Crippen LogP contribution in [-0.4, -0.2) is 25.7 Å². The lowest BCUT2D eigenvalue weighted by Gasteiger charge is -2.12. The van der Waals surface area contributed by atoms with E-state index < -0.39 is 0 Å². The molecular formula is C19H28IN3OS. The predicted molar refractivity (Wildman–Crippen MR) is 118 cm³/mol. The third-order valence-corrected chi connectivity index (χ3v) is 4.51.